The number of hydrogen-bond donors (Lipinski definition) is 2. The highest BCUT2D eigenvalue weighted by atomic mass is 16.5. The molecule has 0 aliphatic heterocycles. The predicted molar refractivity (Wildman–Crippen MR) is 91.7 cm³/mol. The van der Waals surface area contributed by atoms with Crippen LogP contribution < -0.4 is 10.6 Å². The maximum absolute atomic E-state index is 5.23. The van der Waals surface area contributed by atoms with Crippen molar-refractivity contribution in [3.63, 3.8) is 0 Å². The zero-order valence-corrected chi connectivity index (χ0v) is 15.1. The lowest BCUT2D eigenvalue weighted by atomic mass is 10.5. The molecule has 0 fully saturated rings. The third kappa shape index (κ3) is 28.0. The molecule has 0 rings (SSSR count). The van der Waals surface area contributed by atoms with Gasteiger partial charge in [0.25, 0.3) is 0 Å². The molecule has 6 nitrogen and oxygen atoms in total. The first kappa shape index (κ1) is 24.0. The third-order valence-electron chi connectivity index (χ3n) is 2.50. The lowest BCUT2D eigenvalue weighted by Crippen LogP contribution is -2.21. The fourth-order valence-corrected chi connectivity index (χ4v) is 1.33. The Labute approximate surface area is 137 Å². The molecular formula is C16H38N2O4. The van der Waals surface area contributed by atoms with E-state index < -0.39 is 0 Å². The molecule has 0 aromatic carbocycles. The van der Waals surface area contributed by atoms with E-state index in [2.05, 4.69) is 24.5 Å². The number of ether oxygens (including phenoxy) is 4. The summed E-state index contributed by atoms with van der Waals surface area (Å²) in [5.74, 6) is 0. The van der Waals surface area contributed by atoms with Crippen LogP contribution in [0.25, 0.3) is 0 Å². The van der Waals surface area contributed by atoms with Crippen molar-refractivity contribution in [2.45, 2.75) is 26.7 Å². The largest absolute Gasteiger partial charge is 0.382 e. The Hall–Kier alpha value is -0.240. The summed E-state index contributed by atoms with van der Waals surface area (Å²) in [5.41, 5.74) is 0. The van der Waals surface area contributed by atoms with Crippen LogP contribution >= 0.6 is 0 Å². The van der Waals surface area contributed by atoms with Gasteiger partial charge < -0.3 is 29.6 Å². The number of rotatable bonds is 16. The maximum Gasteiger partial charge on any atom is 0.0701 e. The molecule has 0 atom stereocenters. The summed E-state index contributed by atoms with van der Waals surface area (Å²) in [5, 5.41) is 6.25. The quantitative estimate of drug-likeness (QED) is 0.418. The maximum atomic E-state index is 5.23. The second-order valence-corrected chi connectivity index (χ2v) is 4.68. The van der Waals surface area contributed by atoms with Crippen molar-refractivity contribution in [3.8, 4) is 0 Å². The molecule has 6 heteroatoms. The van der Waals surface area contributed by atoms with E-state index in [0.29, 0.717) is 19.8 Å². The summed E-state index contributed by atoms with van der Waals surface area (Å²) in [4.78, 5) is 0. The SMILES string of the molecule is CCCNCCOCCOC.CCCOCCOCCNC. The summed E-state index contributed by atoms with van der Waals surface area (Å²) in [6.45, 7) is 12.4. The van der Waals surface area contributed by atoms with Gasteiger partial charge in [-0.15, -0.1) is 0 Å². The molecule has 22 heavy (non-hydrogen) atoms. The van der Waals surface area contributed by atoms with Crippen LogP contribution in [0.15, 0.2) is 0 Å². The van der Waals surface area contributed by atoms with Gasteiger partial charge in [-0.3, -0.25) is 0 Å². The minimum Gasteiger partial charge on any atom is -0.382 e. The van der Waals surface area contributed by atoms with E-state index in [1.54, 1.807) is 7.11 Å². The smallest absolute Gasteiger partial charge is 0.0701 e. The third-order valence-corrected chi connectivity index (χ3v) is 2.50. The first-order valence-electron chi connectivity index (χ1n) is 8.40. The highest BCUT2D eigenvalue weighted by Crippen LogP contribution is 1.81. The van der Waals surface area contributed by atoms with Gasteiger partial charge in [-0.25, -0.2) is 0 Å². The van der Waals surface area contributed by atoms with Gasteiger partial charge in [-0.05, 0) is 26.4 Å². The van der Waals surface area contributed by atoms with Crippen LogP contribution in [0.1, 0.15) is 26.7 Å². The first-order valence-corrected chi connectivity index (χ1v) is 8.40. The van der Waals surface area contributed by atoms with Crippen LogP contribution in [0, 0.1) is 0 Å². The molecule has 0 saturated carbocycles. The molecule has 0 aliphatic rings. The standard InChI is InChI=1S/2C8H19NO2/c1-3-5-10-7-8-11-6-4-9-2;1-3-4-9-5-6-11-8-7-10-2/h2*9H,3-8H2,1-2H3. The minimum absolute atomic E-state index is 0.688. The number of hydrogen-bond acceptors (Lipinski definition) is 6. The van der Waals surface area contributed by atoms with Crippen LogP contribution in [0.5, 0.6) is 0 Å². The Balaban J connectivity index is 0. The van der Waals surface area contributed by atoms with Gasteiger partial charge in [0.2, 0.25) is 0 Å². The molecule has 0 spiro atoms. The predicted octanol–water partition coefficient (Wildman–Crippen LogP) is 1.30. The summed E-state index contributed by atoms with van der Waals surface area (Å²) >= 11 is 0. The molecule has 0 saturated heterocycles. The second-order valence-electron chi connectivity index (χ2n) is 4.68. The van der Waals surface area contributed by atoms with Gasteiger partial charge in [0.1, 0.15) is 0 Å². The Kier molecular flexibility index (Phi) is 28.1. The molecule has 0 aromatic rings. The van der Waals surface area contributed by atoms with Gasteiger partial charge in [0, 0.05) is 26.8 Å². The number of likely N-dealkylation sites (N-methyl/N-ethyl adjacent to an activating group) is 1. The van der Waals surface area contributed by atoms with Gasteiger partial charge in [0.05, 0.1) is 39.6 Å². The van der Waals surface area contributed by atoms with E-state index in [4.69, 9.17) is 18.9 Å². The molecule has 0 aromatic heterocycles. The monoisotopic (exact) mass is 322 g/mol. The van der Waals surface area contributed by atoms with E-state index in [-0.39, 0.29) is 0 Å². The van der Waals surface area contributed by atoms with Crippen LogP contribution in [0.3, 0.4) is 0 Å². The van der Waals surface area contributed by atoms with Crippen molar-refractivity contribution >= 4 is 0 Å². The number of nitrogens with one attached hydrogen (secondary N) is 2. The topological polar surface area (TPSA) is 61.0 Å². The van der Waals surface area contributed by atoms with Crippen LogP contribution in [0.2, 0.25) is 0 Å². The van der Waals surface area contributed by atoms with Crippen molar-refractivity contribution in [3.05, 3.63) is 0 Å². The highest BCUT2D eigenvalue weighted by molar-refractivity contribution is 4.42. The van der Waals surface area contributed by atoms with E-state index in [9.17, 15) is 0 Å². The van der Waals surface area contributed by atoms with Crippen LogP contribution in [-0.4, -0.2) is 80.0 Å². The fourth-order valence-electron chi connectivity index (χ4n) is 1.33. The second kappa shape index (κ2) is 25.7. The fraction of sp³-hybridized carbons (Fsp3) is 1.00. The average molecular weight is 322 g/mol. The van der Waals surface area contributed by atoms with Gasteiger partial charge in [0.15, 0.2) is 0 Å². The summed E-state index contributed by atoms with van der Waals surface area (Å²) in [6, 6.07) is 0. The van der Waals surface area contributed by atoms with E-state index in [1.165, 1.54) is 6.42 Å². The Morgan fingerprint density at radius 3 is 1.77 bits per heavy atom. The molecule has 0 amide bonds. The number of methoxy groups -OCH3 is 1. The molecule has 0 heterocycles. The zero-order valence-electron chi connectivity index (χ0n) is 15.1. The van der Waals surface area contributed by atoms with E-state index in [0.717, 1.165) is 52.5 Å². The molecule has 0 bridgehead atoms. The summed E-state index contributed by atoms with van der Waals surface area (Å²) in [6.07, 6.45) is 2.26. The van der Waals surface area contributed by atoms with Crippen LogP contribution in [-0.2, 0) is 18.9 Å². The molecule has 0 unspecified atom stereocenters. The van der Waals surface area contributed by atoms with Crippen molar-refractivity contribution < 1.29 is 18.9 Å². The van der Waals surface area contributed by atoms with E-state index >= 15 is 0 Å². The van der Waals surface area contributed by atoms with Crippen molar-refractivity contribution in [2.24, 2.45) is 0 Å². The average Bonchev–Trinajstić information content (AvgIpc) is 2.54. The van der Waals surface area contributed by atoms with Gasteiger partial charge >= 0.3 is 0 Å². The van der Waals surface area contributed by atoms with Gasteiger partial charge in [-0.2, -0.15) is 0 Å². The molecule has 2 N–H and O–H groups in total. The normalized spacial score (nSPS) is 10.4. The molecule has 0 radical (unpaired) electrons. The Morgan fingerprint density at radius 1 is 0.636 bits per heavy atom. The van der Waals surface area contributed by atoms with Crippen LogP contribution in [0.4, 0.5) is 0 Å². The Bertz CT molecular complexity index is 140. The van der Waals surface area contributed by atoms with Gasteiger partial charge in [-0.1, -0.05) is 13.8 Å². The molecule has 0 aliphatic carbocycles. The zero-order chi connectivity index (χ0) is 16.7. The summed E-state index contributed by atoms with van der Waals surface area (Å²) in [7, 11) is 3.59. The first-order chi connectivity index (χ1) is 10.8. The highest BCUT2D eigenvalue weighted by Gasteiger charge is 1.87. The van der Waals surface area contributed by atoms with E-state index in [1.807, 2.05) is 7.05 Å². The lowest BCUT2D eigenvalue weighted by molar-refractivity contribution is 0.0495. The van der Waals surface area contributed by atoms with Crippen molar-refractivity contribution in [1.29, 1.82) is 0 Å². The summed E-state index contributed by atoms with van der Waals surface area (Å²) < 4.78 is 20.5. The van der Waals surface area contributed by atoms with Crippen molar-refractivity contribution in [1.82, 2.24) is 10.6 Å². The minimum atomic E-state index is 0.688. The molecular weight excluding hydrogens is 284 g/mol. The lowest BCUT2D eigenvalue weighted by Gasteiger charge is -2.03. The Morgan fingerprint density at radius 2 is 1.23 bits per heavy atom. The van der Waals surface area contributed by atoms with Crippen molar-refractivity contribution in [2.75, 3.05) is 80.0 Å². The molecule has 136 valence electrons.